The van der Waals surface area contributed by atoms with Crippen LogP contribution in [0.2, 0.25) is 0 Å². The summed E-state index contributed by atoms with van der Waals surface area (Å²) in [7, 11) is 0. The Hall–Kier alpha value is -1.07. The van der Waals surface area contributed by atoms with Crippen molar-refractivity contribution < 1.29 is 4.79 Å². The summed E-state index contributed by atoms with van der Waals surface area (Å²) in [5, 5.41) is 3.02. The molecular formula is C15H22BrN3O. The first-order chi connectivity index (χ1) is 9.49. The predicted octanol–water partition coefficient (Wildman–Crippen LogP) is 2.49. The second-order valence-corrected chi connectivity index (χ2v) is 6.46. The van der Waals surface area contributed by atoms with E-state index >= 15 is 0 Å². The lowest BCUT2D eigenvalue weighted by Crippen LogP contribution is -2.33. The average molecular weight is 340 g/mol. The highest BCUT2D eigenvalue weighted by Crippen LogP contribution is 2.24. The molecule has 5 heteroatoms. The molecular weight excluding hydrogens is 318 g/mol. The molecule has 0 aliphatic carbocycles. The molecule has 20 heavy (non-hydrogen) atoms. The van der Waals surface area contributed by atoms with Crippen molar-refractivity contribution in [2.45, 2.75) is 26.3 Å². The summed E-state index contributed by atoms with van der Waals surface area (Å²) >= 11 is 3.37. The van der Waals surface area contributed by atoms with Gasteiger partial charge >= 0.3 is 0 Å². The Labute approximate surface area is 128 Å². The number of nitrogens with one attached hydrogen (secondary N) is 1. The van der Waals surface area contributed by atoms with Crippen LogP contribution >= 0.6 is 15.9 Å². The molecule has 1 saturated heterocycles. The van der Waals surface area contributed by atoms with E-state index in [1.165, 1.54) is 0 Å². The van der Waals surface area contributed by atoms with Gasteiger partial charge in [0.05, 0.1) is 10.0 Å². The predicted molar refractivity (Wildman–Crippen MR) is 85.7 cm³/mol. The molecule has 1 aliphatic rings. The van der Waals surface area contributed by atoms with Gasteiger partial charge in [0, 0.05) is 24.8 Å². The molecule has 0 spiro atoms. The number of carbonyl (C=O) groups is 1. The van der Waals surface area contributed by atoms with Crippen LogP contribution in [0.1, 0.15) is 30.6 Å². The Morgan fingerprint density at radius 3 is 2.95 bits per heavy atom. The van der Waals surface area contributed by atoms with E-state index in [2.05, 4.69) is 40.0 Å². The van der Waals surface area contributed by atoms with E-state index in [9.17, 15) is 4.79 Å². The standard InChI is InChI=1S/C15H22BrN3O/c1-10(2)19-7-6-11(9-19)8-18-15(20)12-4-3-5-13(17)14(12)16/h3-5,10-11H,6-9,17H2,1-2H3,(H,18,20). The molecule has 0 saturated carbocycles. The second-order valence-electron chi connectivity index (χ2n) is 5.66. The number of amides is 1. The molecule has 1 aliphatic heterocycles. The Balaban J connectivity index is 1.89. The van der Waals surface area contributed by atoms with Crippen LogP contribution in [0.15, 0.2) is 22.7 Å². The molecule has 4 nitrogen and oxygen atoms in total. The Kier molecular flexibility index (Phi) is 5.05. The van der Waals surface area contributed by atoms with E-state index in [1.807, 2.05) is 0 Å². The van der Waals surface area contributed by atoms with Gasteiger partial charge in [-0.05, 0) is 60.8 Å². The lowest BCUT2D eigenvalue weighted by molar-refractivity contribution is 0.0946. The topological polar surface area (TPSA) is 58.4 Å². The molecule has 0 bridgehead atoms. The van der Waals surface area contributed by atoms with Crippen LogP contribution in [0.3, 0.4) is 0 Å². The van der Waals surface area contributed by atoms with Gasteiger partial charge in [-0.2, -0.15) is 0 Å². The number of rotatable bonds is 4. The van der Waals surface area contributed by atoms with Crippen LogP contribution in [0.25, 0.3) is 0 Å². The maximum atomic E-state index is 12.2. The maximum Gasteiger partial charge on any atom is 0.252 e. The summed E-state index contributed by atoms with van der Waals surface area (Å²) in [4.78, 5) is 14.6. The maximum absolute atomic E-state index is 12.2. The third-order valence-corrected chi connectivity index (χ3v) is 4.76. The number of hydrogen-bond donors (Lipinski definition) is 2. The fraction of sp³-hybridized carbons (Fsp3) is 0.533. The minimum Gasteiger partial charge on any atom is -0.398 e. The van der Waals surface area contributed by atoms with Crippen molar-refractivity contribution in [1.82, 2.24) is 10.2 Å². The van der Waals surface area contributed by atoms with Gasteiger partial charge in [0.15, 0.2) is 0 Å². The van der Waals surface area contributed by atoms with E-state index in [1.54, 1.807) is 18.2 Å². The Morgan fingerprint density at radius 2 is 2.30 bits per heavy atom. The van der Waals surface area contributed by atoms with Gasteiger partial charge in [0.1, 0.15) is 0 Å². The molecule has 1 heterocycles. The smallest absolute Gasteiger partial charge is 0.252 e. The van der Waals surface area contributed by atoms with Gasteiger partial charge in [-0.25, -0.2) is 0 Å². The number of nitrogens with zero attached hydrogens (tertiary/aromatic N) is 1. The van der Waals surface area contributed by atoms with Crippen LogP contribution < -0.4 is 11.1 Å². The van der Waals surface area contributed by atoms with Crippen molar-refractivity contribution in [3.63, 3.8) is 0 Å². The number of nitrogens with two attached hydrogens (primary N) is 1. The number of likely N-dealkylation sites (tertiary alicyclic amines) is 1. The van der Waals surface area contributed by atoms with Gasteiger partial charge in [-0.1, -0.05) is 6.07 Å². The zero-order valence-electron chi connectivity index (χ0n) is 12.0. The molecule has 1 atom stereocenters. The molecule has 1 aromatic rings. The van der Waals surface area contributed by atoms with E-state index in [4.69, 9.17) is 5.73 Å². The van der Waals surface area contributed by atoms with Crippen molar-refractivity contribution in [1.29, 1.82) is 0 Å². The summed E-state index contributed by atoms with van der Waals surface area (Å²) in [6.45, 7) is 7.34. The minimum absolute atomic E-state index is 0.0628. The summed E-state index contributed by atoms with van der Waals surface area (Å²) < 4.78 is 0.674. The summed E-state index contributed by atoms with van der Waals surface area (Å²) in [5.74, 6) is 0.480. The molecule has 2 rings (SSSR count). The third-order valence-electron chi connectivity index (χ3n) is 3.87. The fourth-order valence-corrected chi connectivity index (χ4v) is 3.00. The number of hydrogen-bond acceptors (Lipinski definition) is 3. The van der Waals surface area contributed by atoms with Crippen molar-refractivity contribution >= 4 is 27.5 Å². The normalized spacial score (nSPS) is 19.5. The van der Waals surface area contributed by atoms with Crippen LogP contribution in [0, 0.1) is 5.92 Å². The molecule has 1 aromatic carbocycles. The first-order valence-electron chi connectivity index (χ1n) is 7.05. The largest absolute Gasteiger partial charge is 0.398 e. The lowest BCUT2D eigenvalue weighted by Gasteiger charge is -2.20. The van der Waals surface area contributed by atoms with Crippen LogP contribution in [0.4, 0.5) is 5.69 Å². The summed E-state index contributed by atoms with van der Waals surface area (Å²) in [6, 6.07) is 5.94. The summed E-state index contributed by atoms with van der Waals surface area (Å²) in [6.07, 6.45) is 1.15. The van der Waals surface area contributed by atoms with Crippen LogP contribution in [-0.4, -0.2) is 36.5 Å². The van der Waals surface area contributed by atoms with Crippen molar-refractivity contribution in [3.05, 3.63) is 28.2 Å². The highest BCUT2D eigenvalue weighted by Gasteiger charge is 2.24. The van der Waals surface area contributed by atoms with Gasteiger partial charge < -0.3 is 16.0 Å². The zero-order valence-corrected chi connectivity index (χ0v) is 13.6. The molecule has 1 amide bonds. The van der Waals surface area contributed by atoms with Crippen molar-refractivity contribution in [2.75, 3.05) is 25.4 Å². The molecule has 0 aromatic heterocycles. The first kappa shape index (κ1) is 15.3. The zero-order chi connectivity index (χ0) is 14.7. The number of halogens is 1. The van der Waals surface area contributed by atoms with Crippen LogP contribution in [0.5, 0.6) is 0 Å². The second kappa shape index (κ2) is 6.59. The Morgan fingerprint density at radius 1 is 1.55 bits per heavy atom. The molecule has 0 radical (unpaired) electrons. The van der Waals surface area contributed by atoms with E-state index in [-0.39, 0.29) is 5.91 Å². The van der Waals surface area contributed by atoms with Gasteiger partial charge in [-0.3, -0.25) is 4.79 Å². The average Bonchev–Trinajstić information content (AvgIpc) is 2.88. The SMILES string of the molecule is CC(C)N1CCC(CNC(=O)c2cccc(N)c2Br)C1. The highest BCUT2D eigenvalue weighted by molar-refractivity contribution is 9.10. The van der Waals surface area contributed by atoms with Gasteiger partial charge in [-0.15, -0.1) is 0 Å². The van der Waals surface area contributed by atoms with E-state index in [0.717, 1.165) is 26.1 Å². The number of benzene rings is 1. The first-order valence-corrected chi connectivity index (χ1v) is 7.84. The highest BCUT2D eigenvalue weighted by atomic mass is 79.9. The third kappa shape index (κ3) is 3.52. The summed E-state index contributed by atoms with van der Waals surface area (Å²) in [5.41, 5.74) is 6.98. The van der Waals surface area contributed by atoms with E-state index in [0.29, 0.717) is 27.7 Å². The van der Waals surface area contributed by atoms with Crippen LogP contribution in [-0.2, 0) is 0 Å². The monoisotopic (exact) mass is 339 g/mol. The van der Waals surface area contributed by atoms with Gasteiger partial charge in [0.25, 0.3) is 5.91 Å². The molecule has 110 valence electrons. The number of anilines is 1. The Bertz CT molecular complexity index is 490. The number of carbonyl (C=O) groups excluding carboxylic acids is 1. The van der Waals surface area contributed by atoms with Crippen molar-refractivity contribution in [2.24, 2.45) is 5.92 Å². The van der Waals surface area contributed by atoms with E-state index < -0.39 is 0 Å². The lowest BCUT2D eigenvalue weighted by atomic mass is 10.1. The fourth-order valence-electron chi connectivity index (χ4n) is 2.56. The van der Waals surface area contributed by atoms with Crippen molar-refractivity contribution in [3.8, 4) is 0 Å². The minimum atomic E-state index is -0.0628. The molecule has 1 fully saturated rings. The molecule has 1 unspecified atom stereocenters. The van der Waals surface area contributed by atoms with Gasteiger partial charge in [0.2, 0.25) is 0 Å². The number of nitrogen functional groups attached to an aromatic ring is 1. The quantitative estimate of drug-likeness (QED) is 0.828. The molecule has 3 N–H and O–H groups in total.